The summed E-state index contributed by atoms with van der Waals surface area (Å²) in [5, 5.41) is 2.82. The maximum Gasteiger partial charge on any atom is 0.228 e. The number of amides is 1. The molecule has 0 aromatic heterocycles. The third kappa shape index (κ3) is 4.63. The van der Waals surface area contributed by atoms with Crippen LogP contribution in [0.3, 0.4) is 0 Å². The van der Waals surface area contributed by atoms with E-state index in [9.17, 15) is 4.79 Å². The van der Waals surface area contributed by atoms with Gasteiger partial charge in [0.15, 0.2) is 0 Å². The lowest BCUT2D eigenvalue weighted by atomic mass is 10.2. The molecule has 1 rings (SSSR count). The predicted octanol–water partition coefficient (Wildman–Crippen LogP) is 3.30. The van der Waals surface area contributed by atoms with Crippen molar-refractivity contribution in [3.8, 4) is 11.5 Å². The van der Waals surface area contributed by atoms with E-state index in [1.165, 1.54) is 0 Å². The summed E-state index contributed by atoms with van der Waals surface area (Å²) in [6.45, 7) is 6.67. The van der Waals surface area contributed by atoms with Gasteiger partial charge in [0.1, 0.15) is 11.5 Å². The molecule has 1 N–H and O–H groups in total. The normalized spacial score (nSPS) is 11.8. The summed E-state index contributed by atoms with van der Waals surface area (Å²) < 4.78 is 10.9. The molecule has 0 aliphatic heterocycles. The highest BCUT2D eigenvalue weighted by atomic mass is 35.5. The SMILES string of the molecule is CCOc1ccc(OCC)c(NC(=O)C(C)CCl)c1. The Morgan fingerprint density at radius 3 is 2.58 bits per heavy atom. The van der Waals surface area contributed by atoms with Crippen molar-refractivity contribution in [2.75, 3.05) is 24.4 Å². The second-order valence-electron chi connectivity index (χ2n) is 4.07. The molecule has 106 valence electrons. The molecule has 1 amide bonds. The van der Waals surface area contributed by atoms with Crippen LogP contribution in [0.2, 0.25) is 0 Å². The Morgan fingerprint density at radius 2 is 2.00 bits per heavy atom. The molecule has 5 heteroatoms. The first-order valence-electron chi connectivity index (χ1n) is 6.38. The predicted molar refractivity (Wildman–Crippen MR) is 77.3 cm³/mol. The highest BCUT2D eigenvalue weighted by molar-refractivity contribution is 6.19. The van der Waals surface area contributed by atoms with E-state index in [-0.39, 0.29) is 17.7 Å². The molecule has 0 spiro atoms. The van der Waals surface area contributed by atoms with Crippen molar-refractivity contribution in [2.24, 2.45) is 5.92 Å². The van der Waals surface area contributed by atoms with Crippen LogP contribution in [0.5, 0.6) is 11.5 Å². The Bertz CT molecular complexity index is 423. The second kappa shape index (κ2) is 7.89. The van der Waals surface area contributed by atoms with Crippen LogP contribution in [0.25, 0.3) is 0 Å². The molecular weight excluding hydrogens is 266 g/mol. The molecule has 0 fully saturated rings. The number of alkyl halides is 1. The van der Waals surface area contributed by atoms with Gasteiger partial charge in [0, 0.05) is 17.9 Å². The van der Waals surface area contributed by atoms with Crippen LogP contribution in [0.4, 0.5) is 5.69 Å². The van der Waals surface area contributed by atoms with Gasteiger partial charge in [0.25, 0.3) is 0 Å². The summed E-state index contributed by atoms with van der Waals surface area (Å²) in [7, 11) is 0. The van der Waals surface area contributed by atoms with Gasteiger partial charge >= 0.3 is 0 Å². The summed E-state index contributed by atoms with van der Waals surface area (Å²) in [5.41, 5.74) is 0.606. The van der Waals surface area contributed by atoms with E-state index >= 15 is 0 Å². The average Bonchev–Trinajstić information content (AvgIpc) is 2.41. The van der Waals surface area contributed by atoms with E-state index in [0.717, 1.165) is 0 Å². The third-order valence-corrected chi connectivity index (χ3v) is 2.96. The number of benzene rings is 1. The molecule has 4 nitrogen and oxygen atoms in total. The Labute approximate surface area is 119 Å². The molecule has 0 saturated heterocycles. The number of carbonyl (C=O) groups is 1. The van der Waals surface area contributed by atoms with Crippen molar-refractivity contribution >= 4 is 23.2 Å². The lowest BCUT2D eigenvalue weighted by Crippen LogP contribution is -2.21. The molecule has 1 unspecified atom stereocenters. The summed E-state index contributed by atoms with van der Waals surface area (Å²) in [4.78, 5) is 11.9. The Hall–Kier alpha value is -1.42. The monoisotopic (exact) mass is 285 g/mol. The summed E-state index contributed by atoms with van der Waals surface area (Å²) >= 11 is 5.68. The molecule has 1 atom stereocenters. The fourth-order valence-electron chi connectivity index (χ4n) is 1.47. The van der Waals surface area contributed by atoms with Gasteiger partial charge in [-0.2, -0.15) is 0 Å². The maximum atomic E-state index is 11.9. The van der Waals surface area contributed by atoms with Gasteiger partial charge in [-0.1, -0.05) is 6.92 Å². The van der Waals surface area contributed by atoms with E-state index in [0.29, 0.717) is 30.4 Å². The van der Waals surface area contributed by atoms with Crippen LogP contribution < -0.4 is 14.8 Å². The minimum Gasteiger partial charge on any atom is -0.494 e. The van der Waals surface area contributed by atoms with E-state index in [4.69, 9.17) is 21.1 Å². The maximum absolute atomic E-state index is 11.9. The van der Waals surface area contributed by atoms with Crippen LogP contribution in [-0.2, 0) is 4.79 Å². The van der Waals surface area contributed by atoms with Gasteiger partial charge in [-0.25, -0.2) is 0 Å². The molecule has 0 saturated carbocycles. The summed E-state index contributed by atoms with van der Waals surface area (Å²) in [6.07, 6.45) is 0. The number of nitrogens with one attached hydrogen (secondary N) is 1. The van der Waals surface area contributed by atoms with Gasteiger partial charge in [-0.15, -0.1) is 11.6 Å². The lowest BCUT2D eigenvalue weighted by Gasteiger charge is -2.15. The molecule has 0 aliphatic rings. The molecule has 1 aromatic rings. The number of carbonyl (C=O) groups excluding carboxylic acids is 1. The fraction of sp³-hybridized carbons (Fsp3) is 0.500. The summed E-state index contributed by atoms with van der Waals surface area (Å²) in [5.74, 6) is 1.21. The molecule has 1 aromatic carbocycles. The fourth-order valence-corrected chi connectivity index (χ4v) is 1.61. The molecule has 19 heavy (non-hydrogen) atoms. The summed E-state index contributed by atoms with van der Waals surface area (Å²) in [6, 6.07) is 5.36. The van der Waals surface area contributed by atoms with Gasteiger partial charge in [-0.05, 0) is 26.0 Å². The zero-order valence-corrected chi connectivity index (χ0v) is 12.3. The first-order valence-corrected chi connectivity index (χ1v) is 6.92. The molecule has 0 bridgehead atoms. The number of anilines is 1. The van der Waals surface area contributed by atoms with E-state index in [2.05, 4.69) is 5.32 Å². The van der Waals surface area contributed by atoms with Crippen molar-refractivity contribution in [3.05, 3.63) is 18.2 Å². The Kier molecular flexibility index (Phi) is 6.50. The highest BCUT2D eigenvalue weighted by Gasteiger charge is 2.14. The zero-order chi connectivity index (χ0) is 14.3. The van der Waals surface area contributed by atoms with Crippen LogP contribution in [0, 0.1) is 5.92 Å². The van der Waals surface area contributed by atoms with Crippen LogP contribution in [0.15, 0.2) is 18.2 Å². The van der Waals surface area contributed by atoms with Gasteiger partial charge in [0.05, 0.1) is 18.9 Å². The number of hydrogen-bond acceptors (Lipinski definition) is 3. The third-order valence-electron chi connectivity index (χ3n) is 2.50. The quantitative estimate of drug-likeness (QED) is 0.782. The number of ether oxygens (including phenoxy) is 2. The highest BCUT2D eigenvalue weighted by Crippen LogP contribution is 2.29. The first-order chi connectivity index (χ1) is 9.12. The van der Waals surface area contributed by atoms with E-state index in [1.54, 1.807) is 19.1 Å². The van der Waals surface area contributed by atoms with E-state index in [1.807, 2.05) is 19.9 Å². The second-order valence-corrected chi connectivity index (χ2v) is 4.38. The van der Waals surface area contributed by atoms with Crippen molar-refractivity contribution in [1.29, 1.82) is 0 Å². The number of halogens is 1. The zero-order valence-electron chi connectivity index (χ0n) is 11.5. The van der Waals surface area contributed by atoms with Crippen molar-refractivity contribution in [3.63, 3.8) is 0 Å². The standard InChI is InChI=1S/C14H20ClNO3/c1-4-18-11-6-7-13(19-5-2)12(8-11)16-14(17)10(3)9-15/h6-8,10H,4-5,9H2,1-3H3,(H,16,17). The largest absolute Gasteiger partial charge is 0.494 e. The molecular formula is C14H20ClNO3. The first kappa shape index (κ1) is 15.6. The van der Waals surface area contributed by atoms with E-state index < -0.39 is 0 Å². The smallest absolute Gasteiger partial charge is 0.228 e. The van der Waals surface area contributed by atoms with Gasteiger partial charge < -0.3 is 14.8 Å². The topological polar surface area (TPSA) is 47.6 Å². The van der Waals surface area contributed by atoms with Crippen molar-refractivity contribution < 1.29 is 14.3 Å². The minimum absolute atomic E-state index is 0.135. The molecule has 0 heterocycles. The number of hydrogen-bond donors (Lipinski definition) is 1. The van der Waals surface area contributed by atoms with Gasteiger partial charge in [-0.3, -0.25) is 4.79 Å². The van der Waals surface area contributed by atoms with Crippen LogP contribution in [-0.4, -0.2) is 25.0 Å². The molecule has 0 aliphatic carbocycles. The Morgan fingerprint density at radius 1 is 1.32 bits per heavy atom. The number of rotatable bonds is 7. The van der Waals surface area contributed by atoms with Crippen molar-refractivity contribution in [2.45, 2.75) is 20.8 Å². The molecule has 0 radical (unpaired) electrons. The van der Waals surface area contributed by atoms with Gasteiger partial charge in [0.2, 0.25) is 5.91 Å². The minimum atomic E-state index is -0.258. The Balaban J connectivity index is 2.93. The van der Waals surface area contributed by atoms with Crippen molar-refractivity contribution in [1.82, 2.24) is 0 Å². The van der Waals surface area contributed by atoms with Crippen LogP contribution >= 0.6 is 11.6 Å². The van der Waals surface area contributed by atoms with Crippen LogP contribution in [0.1, 0.15) is 20.8 Å². The lowest BCUT2D eigenvalue weighted by molar-refractivity contribution is -0.118. The average molecular weight is 286 g/mol.